The van der Waals surface area contributed by atoms with Gasteiger partial charge in [-0.1, -0.05) is 156 Å². The van der Waals surface area contributed by atoms with E-state index in [2.05, 4.69) is 13.8 Å². The topological polar surface area (TPSA) is 164 Å². The SMILES string of the molecule is CCCCCCCCCCCCCC(=O)OC[C@H](COP(=O)([O-])OCC(COC(=O)CCC)OC(=O)CCC)OC(=O)CCCCCCCCCCCCC.[H-].[Mg+2]. The molecule has 0 fully saturated rings. The van der Waals surface area contributed by atoms with Crippen LogP contribution in [0.15, 0.2) is 0 Å². The summed E-state index contributed by atoms with van der Waals surface area (Å²) >= 11 is 0. The molecule has 0 rings (SSSR count). The van der Waals surface area contributed by atoms with E-state index in [-0.39, 0.29) is 63.4 Å². The molecule has 0 amide bonds. The van der Waals surface area contributed by atoms with Crippen LogP contribution in [-0.4, -0.2) is 85.6 Å². The minimum absolute atomic E-state index is 0. The van der Waals surface area contributed by atoms with E-state index < -0.39 is 57.1 Å². The fourth-order valence-corrected chi connectivity index (χ4v) is 6.67. The van der Waals surface area contributed by atoms with E-state index in [1.165, 1.54) is 89.9 Å². The molecule has 0 aromatic heterocycles. The molecule has 0 heterocycles. The van der Waals surface area contributed by atoms with Crippen LogP contribution in [0.3, 0.4) is 0 Å². The molecule has 0 aliphatic rings. The minimum atomic E-state index is -5.01. The van der Waals surface area contributed by atoms with Gasteiger partial charge in [-0.2, -0.15) is 0 Å². The van der Waals surface area contributed by atoms with Gasteiger partial charge in [0.1, 0.15) is 13.2 Å². The maximum absolute atomic E-state index is 12.7. The van der Waals surface area contributed by atoms with Gasteiger partial charge >= 0.3 is 46.9 Å². The summed E-state index contributed by atoms with van der Waals surface area (Å²) in [6.07, 6.45) is 24.4. The summed E-state index contributed by atoms with van der Waals surface area (Å²) in [5, 5.41) is 0. The zero-order valence-corrected chi connectivity index (χ0v) is 38.1. The Labute approximate surface area is 357 Å². The number of ether oxygens (including phenoxy) is 4. The third kappa shape index (κ3) is 38.3. The maximum atomic E-state index is 12.7. The summed E-state index contributed by atoms with van der Waals surface area (Å²) in [5.41, 5.74) is 0. The number of unbranched alkanes of at least 4 members (excludes halogenated alkanes) is 20. The summed E-state index contributed by atoms with van der Waals surface area (Å²) in [6, 6.07) is 0. The first kappa shape index (κ1) is 56.9. The van der Waals surface area contributed by atoms with E-state index in [9.17, 15) is 28.6 Å². The van der Waals surface area contributed by atoms with Gasteiger partial charge in [-0.3, -0.25) is 23.7 Å². The number of rotatable bonds is 40. The van der Waals surface area contributed by atoms with Crippen LogP contribution in [0, 0.1) is 0 Å². The molecule has 0 saturated heterocycles. The summed E-state index contributed by atoms with van der Waals surface area (Å²) in [5.74, 6) is -2.11. The first-order chi connectivity index (χ1) is 26.6. The molecule has 0 aliphatic carbocycles. The van der Waals surface area contributed by atoms with Crippen LogP contribution in [0.1, 0.15) is 209 Å². The molecule has 326 valence electrons. The van der Waals surface area contributed by atoms with Crippen molar-refractivity contribution in [3.05, 3.63) is 0 Å². The Bertz CT molecular complexity index is 1020. The molecule has 0 spiro atoms. The van der Waals surface area contributed by atoms with Crippen LogP contribution in [0.4, 0.5) is 0 Å². The van der Waals surface area contributed by atoms with Gasteiger partial charge in [0.2, 0.25) is 0 Å². The minimum Gasteiger partial charge on any atom is -1.00 e. The Hall–Kier alpha value is -1.24. The van der Waals surface area contributed by atoms with Crippen molar-refractivity contribution in [3.63, 3.8) is 0 Å². The number of hydrogen-bond acceptors (Lipinski definition) is 12. The Balaban J connectivity index is -0.0000146. The van der Waals surface area contributed by atoms with Crippen molar-refractivity contribution >= 4 is 54.8 Å². The second-order valence-electron chi connectivity index (χ2n) is 14.7. The van der Waals surface area contributed by atoms with Crippen molar-refractivity contribution in [2.45, 2.75) is 220 Å². The van der Waals surface area contributed by atoms with E-state index >= 15 is 0 Å². The van der Waals surface area contributed by atoms with Crippen LogP contribution in [-0.2, 0) is 51.7 Å². The molecular weight excluding hydrogens is 752 g/mol. The van der Waals surface area contributed by atoms with Crippen molar-refractivity contribution in [3.8, 4) is 0 Å². The Morgan fingerprint density at radius 1 is 0.429 bits per heavy atom. The monoisotopic (exact) mass is 831 g/mol. The quantitative estimate of drug-likeness (QED) is 0.0189. The van der Waals surface area contributed by atoms with Gasteiger partial charge < -0.3 is 34.3 Å². The zero-order chi connectivity index (χ0) is 40.8. The van der Waals surface area contributed by atoms with E-state index in [0.717, 1.165) is 38.5 Å². The molecule has 0 radical (unpaired) electrons. The summed E-state index contributed by atoms with van der Waals surface area (Å²) < 4.78 is 44.0. The molecule has 56 heavy (non-hydrogen) atoms. The molecule has 0 bridgehead atoms. The van der Waals surface area contributed by atoms with Crippen molar-refractivity contribution in [2.75, 3.05) is 26.4 Å². The van der Waals surface area contributed by atoms with E-state index in [4.69, 9.17) is 28.0 Å². The number of carbonyl (C=O) groups is 4. The summed E-state index contributed by atoms with van der Waals surface area (Å²) in [7, 11) is -5.01. The van der Waals surface area contributed by atoms with E-state index in [1.807, 2.05) is 0 Å². The molecule has 2 unspecified atom stereocenters. The fraction of sp³-hybridized carbons (Fsp3) is 0.905. The van der Waals surface area contributed by atoms with Gasteiger partial charge in [0, 0.05) is 25.7 Å². The first-order valence-corrected chi connectivity index (χ1v) is 23.3. The van der Waals surface area contributed by atoms with Crippen molar-refractivity contribution < 1.29 is 58.1 Å². The second-order valence-corrected chi connectivity index (χ2v) is 16.1. The van der Waals surface area contributed by atoms with Crippen LogP contribution in [0.2, 0.25) is 0 Å². The smallest absolute Gasteiger partial charge is 1.00 e. The molecule has 0 aromatic carbocycles. The van der Waals surface area contributed by atoms with Gasteiger partial charge in [0.25, 0.3) is 7.82 Å². The Kier molecular flexibility index (Phi) is 41.1. The summed E-state index contributed by atoms with van der Waals surface area (Å²) in [6.45, 7) is 5.98. The molecule has 0 aliphatic heterocycles. The van der Waals surface area contributed by atoms with Crippen LogP contribution in [0.25, 0.3) is 0 Å². The van der Waals surface area contributed by atoms with Crippen LogP contribution >= 0.6 is 7.82 Å². The third-order valence-electron chi connectivity index (χ3n) is 9.17. The molecular formula is C42H79MgO12P. The third-order valence-corrected chi connectivity index (χ3v) is 10.1. The maximum Gasteiger partial charge on any atom is 2.00 e. The summed E-state index contributed by atoms with van der Waals surface area (Å²) in [4.78, 5) is 61.9. The largest absolute Gasteiger partial charge is 2.00 e. The van der Waals surface area contributed by atoms with E-state index in [0.29, 0.717) is 25.7 Å². The van der Waals surface area contributed by atoms with Crippen LogP contribution < -0.4 is 4.89 Å². The Morgan fingerprint density at radius 3 is 1.07 bits per heavy atom. The van der Waals surface area contributed by atoms with Gasteiger partial charge in [-0.05, 0) is 25.7 Å². The van der Waals surface area contributed by atoms with E-state index in [1.54, 1.807) is 13.8 Å². The average molecular weight is 831 g/mol. The predicted molar refractivity (Wildman–Crippen MR) is 220 cm³/mol. The number of phosphoric ester groups is 1. The second kappa shape index (κ2) is 40.5. The predicted octanol–water partition coefficient (Wildman–Crippen LogP) is 10.1. The molecule has 12 nitrogen and oxygen atoms in total. The first-order valence-electron chi connectivity index (χ1n) is 21.9. The molecule has 14 heteroatoms. The van der Waals surface area contributed by atoms with Crippen LogP contribution in [0.5, 0.6) is 0 Å². The molecule has 0 N–H and O–H groups in total. The standard InChI is InChI=1S/C42H79O12P.Mg.H/c1-5-9-11-13-15-17-19-21-23-25-27-31-40(44)50-34-38(54-42(46)32-28-26-24-22-20-18-16-14-12-10-6-2)36-52-55(47,48)51-35-37(53-41(45)30-8-4)33-49-39(43)29-7-3;;/h37-38H,5-36H2,1-4H3,(H,47,48);;/q;+2;-1/p-1/t37?,38-;;/m1../s1. The van der Waals surface area contributed by atoms with Gasteiger partial charge in [-0.25, -0.2) is 0 Å². The van der Waals surface area contributed by atoms with Crippen molar-refractivity contribution in [2.24, 2.45) is 0 Å². The normalized spacial score (nSPS) is 13.2. The number of esters is 4. The fourth-order valence-electron chi connectivity index (χ4n) is 5.90. The van der Waals surface area contributed by atoms with Crippen molar-refractivity contribution in [1.29, 1.82) is 0 Å². The zero-order valence-electron chi connectivity index (χ0n) is 36.8. The average Bonchev–Trinajstić information content (AvgIpc) is 3.15. The molecule has 3 atom stereocenters. The van der Waals surface area contributed by atoms with Crippen molar-refractivity contribution in [1.82, 2.24) is 0 Å². The number of carbonyl (C=O) groups excluding carboxylic acids is 4. The van der Waals surface area contributed by atoms with Gasteiger partial charge in [0.05, 0.1) is 13.2 Å². The number of hydrogen-bond donors (Lipinski definition) is 0. The molecule has 0 aromatic rings. The molecule has 0 saturated carbocycles. The number of phosphoric acid groups is 1. The van der Waals surface area contributed by atoms with Gasteiger partial charge in [0.15, 0.2) is 12.2 Å². The van der Waals surface area contributed by atoms with Gasteiger partial charge in [-0.15, -0.1) is 0 Å². The Morgan fingerprint density at radius 2 is 0.714 bits per heavy atom.